The summed E-state index contributed by atoms with van der Waals surface area (Å²) in [5, 5.41) is 6.26. The summed E-state index contributed by atoms with van der Waals surface area (Å²) in [5.74, 6) is -0.306. The van der Waals surface area contributed by atoms with E-state index in [2.05, 4.69) is 10.6 Å². The number of amides is 2. The highest BCUT2D eigenvalue weighted by Gasteiger charge is 2.11. The number of rotatable bonds is 7. The first-order valence-corrected chi connectivity index (χ1v) is 8.36. The van der Waals surface area contributed by atoms with Crippen LogP contribution in [0.25, 0.3) is 0 Å². The van der Waals surface area contributed by atoms with Crippen LogP contribution in [0.4, 0.5) is 5.69 Å². The third-order valence-corrected chi connectivity index (χ3v) is 3.78. The van der Waals surface area contributed by atoms with Crippen LogP contribution in [-0.2, 0) is 16.1 Å². The van der Waals surface area contributed by atoms with Gasteiger partial charge in [-0.1, -0.05) is 41.4 Å². The summed E-state index contributed by atoms with van der Waals surface area (Å²) >= 11 is 5.91. The highest BCUT2D eigenvalue weighted by molar-refractivity contribution is 6.30. The summed E-state index contributed by atoms with van der Waals surface area (Å²) in [6, 6.07) is 14.9. The summed E-state index contributed by atoms with van der Waals surface area (Å²) < 4.78 is 0. The SMILES string of the molecule is Cc1ccc(NC(=O)CN(C)CC(=O)NCc2cccc(Cl)c2)cc1. The van der Waals surface area contributed by atoms with Gasteiger partial charge in [-0.3, -0.25) is 14.5 Å². The van der Waals surface area contributed by atoms with Crippen molar-refractivity contribution in [3.63, 3.8) is 0 Å². The number of carbonyl (C=O) groups is 2. The van der Waals surface area contributed by atoms with Crippen LogP contribution in [0.3, 0.4) is 0 Å². The highest BCUT2D eigenvalue weighted by atomic mass is 35.5. The lowest BCUT2D eigenvalue weighted by molar-refractivity contribution is -0.123. The molecule has 132 valence electrons. The second-order valence-electron chi connectivity index (χ2n) is 5.99. The Morgan fingerprint density at radius 1 is 1.04 bits per heavy atom. The zero-order valence-electron chi connectivity index (χ0n) is 14.4. The van der Waals surface area contributed by atoms with Gasteiger partial charge >= 0.3 is 0 Å². The standard InChI is InChI=1S/C19H22ClN3O2/c1-14-6-8-17(9-7-14)22-19(25)13-23(2)12-18(24)21-11-15-4-3-5-16(20)10-15/h3-10H,11-13H2,1-2H3,(H,21,24)(H,22,25). The number of likely N-dealkylation sites (N-methyl/N-ethyl adjacent to an activating group) is 1. The third kappa shape index (κ3) is 6.95. The molecule has 0 aliphatic rings. The quantitative estimate of drug-likeness (QED) is 0.799. The van der Waals surface area contributed by atoms with Gasteiger partial charge in [-0.2, -0.15) is 0 Å². The third-order valence-electron chi connectivity index (χ3n) is 3.54. The normalized spacial score (nSPS) is 10.6. The molecule has 2 amide bonds. The van der Waals surface area contributed by atoms with Gasteiger partial charge in [0.1, 0.15) is 0 Å². The van der Waals surface area contributed by atoms with Gasteiger partial charge in [-0.25, -0.2) is 0 Å². The molecule has 0 heterocycles. The second kappa shape index (κ2) is 9.20. The lowest BCUT2D eigenvalue weighted by Crippen LogP contribution is -2.38. The molecular weight excluding hydrogens is 338 g/mol. The van der Waals surface area contributed by atoms with Gasteiger partial charge in [0.05, 0.1) is 13.1 Å². The molecule has 2 aromatic rings. The van der Waals surface area contributed by atoms with E-state index in [1.807, 2.05) is 43.3 Å². The average molecular weight is 360 g/mol. The van der Waals surface area contributed by atoms with Gasteiger partial charge < -0.3 is 10.6 Å². The fraction of sp³-hybridized carbons (Fsp3) is 0.263. The molecule has 0 aromatic heterocycles. The molecule has 0 aliphatic heterocycles. The van der Waals surface area contributed by atoms with E-state index in [-0.39, 0.29) is 24.9 Å². The molecule has 0 aliphatic carbocycles. The molecule has 5 nitrogen and oxygen atoms in total. The molecule has 2 N–H and O–H groups in total. The lowest BCUT2D eigenvalue weighted by atomic mass is 10.2. The first-order chi connectivity index (χ1) is 11.9. The van der Waals surface area contributed by atoms with Gasteiger partial charge in [-0.05, 0) is 43.8 Å². The van der Waals surface area contributed by atoms with E-state index < -0.39 is 0 Å². The predicted octanol–water partition coefficient (Wildman–Crippen LogP) is 2.84. The molecule has 0 saturated heterocycles. The molecule has 2 rings (SSSR count). The Morgan fingerprint density at radius 2 is 1.72 bits per heavy atom. The first-order valence-electron chi connectivity index (χ1n) is 7.98. The molecule has 25 heavy (non-hydrogen) atoms. The Labute approximate surface area is 153 Å². The monoisotopic (exact) mass is 359 g/mol. The summed E-state index contributed by atoms with van der Waals surface area (Å²) in [5.41, 5.74) is 2.81. The molecular formula is C19H22ClN3O2. The number of benzene rings is 2. The van der Waals surface area contributed by atoms with Crippen molar-refractivity contribution in [2.75, 3.05) is 25.5 Å². The van der Waals surface area contributed by atoms with Crippen molar-refractivity contribution in [1.29, 1.82) is 0 Å². The zero-order valence-corrected chi connectivity index (χ0v) is 15.1. The van der Waals surface area contributed by atoms with E-state index in [4.69, 9.17) is 11.6 Å². The number of halogens is 1. The minimum Gasteiger partial charge on any atom is -0.351 e. The van der Waals surface area contributed by atoms with E-state index in [0.29, 0.717) is 11.6 Å². The molecule has 6 heteroatoms. The van der Waals surface area contributed by atoms with Crippen molar-refractivity contribution in [3.8, 4) is 0 Å². The van der Waals surface area contributed by atoms with Crippen LogP contribution in [0.1, 0.15) is 11.1 Å². The van der Waals surface area contributed by atoms with Crippen LogP contribution < -0.4 is 10.6 Å². The molecule has 0 fully saturated rings. The number of hydrogen-bond donors (Lipinski definition) is 2. The van der Waals surface area contributed by atoms with Gasteiger partial charge in [0.2, 0.25) is 11.8 Å². The maximum absolute atomic E-state index is 12.0. The molecule has 0 spiro atoms. The minimum atomic E-state index is -0.158. The minimum absolute atomic E-state index is 0.137. The van der Waals surface area contributed by atoms with Crippen LogP contribution in [0.15, 0.2) is 48.5 Å². The van der Waals surface area contributed by atoms with Crippen LogP contribution in [0.5, 0.6) is 0 Å². The Bertz CT molecular complexity index is 732. The van der Waals surface area contributed by atoms with E-state index in [0.717, 1.165) is 16.8 Å². The van der Waals surface area contributed by atoms with Gasteiger partial charge in [0.25, 0.3) is 0 Å². The fourth-order valence-corrected chi connectivity index (χ4v) is 2.50. The Hall–Kier alpha value is -2.37. The van der Waals surface area contributed by atoms with Crippen molar-refractivity contribution in [2.45, 2.75) is 13.5 Å². The highest BCUT2D eigenvalue weighted by Crippen LogP contribution is 2.10. The van der Waals surface area contributed by atoms with Crippen molar-refractivity contribution < 1.29 is 9.59 Å². The van der Waals surface area contributed by atoms with Crippen molar-refractivity contribution >= 4 is 29.1 Å². The van der Waals surface area contributed by atoms with E-state index >= 15 is 0 Å². The molecule has 2 aromatic carbocycles. The number of aryl methyl sites for hydroxylation is 1. The van der Waals surface area contributed by atoms with Crippen LogP contribution in [0, 0.1) is 6.92 Å². The van der Waals surface area contributed by atoms with Gasteiger partial charge in [-0.15, -0.1) is 0 Å². The molecule has 0 atom stereocenters. The van der Waals surface area contributed by atoms with Gasteiger partial charge in [0.15, 0.2) is 0 Å². The van der Waals surface area contributed by atoms with Crippen molar-refractivity contribution in [3.05, 3.63) is 64.7 Å². The van der Waals surface area contributed by atoms with Crippen LogP contribution in [0.2, 0.25) is 5.02 Å². The smallest absolute Gasteiger partial charge is 0.238 e. The van der Waals surface area contributed by atoms with Crippen molar-refractivity contribution in [2.24, 2.45) is 0 Å². The topological polar surface area (TPSA) is 61.4 Å². The van der Waals surface area contributed by atoms with E-state index in [9.17, 15) is 9.59 Å². The fourth-order valence-electron chi connectivity index (χ4n) is 2.29. The average Bonchev–Trinajstić information content (AvgIpc) is 2.55. The summed E-state index contributed by atoms with van der Waals surface area (Å²) in [6.07, 6.45) is 0. The molecule has 0 bridgehead atoms. The first kappa shape index (κ1) is 19.0. The maximum atomic E-state index is 12.0. The summed E-state index contributed by atoms with van der Waals surface area (Å²) in [4.78, 5) is 25.6. The maximum Gasteiger partial charge on any atom is 0.238 e. The number of carbonyl (C=O) groups excluding carboxylic acids is 2. The number of nitrogens with one attached hydrogen (secondary N) is 2. The van der Waals surface area contributed by atoms with E-state index in [1.165, 1.54) is 0 Å². The summed E-state index contributed by atoms with van der Waals surface area (Å²) in [7, 11) is 1.73. The number of hydrogen-bond acceptors (Lipinski definition) is 3. The zero-order chi connectivity index (χ0) is 18.2. The Morgan fingerprint density at radius 3 is 2.40 bits per heavy atom. The van der Waals surface area contributed by atoms with E-state index in [1.54, 1.807) is 24.1 Å². The second-order valence-corrected chi connectivity index (χ2v) is 6.43. The van der Waals surface area contributed by atoms with Crippen molar-refractivity contribution in [1.82, 2.24) is 10.2 Å². The van der Waals surface area contributed by atoms with Crippen LogP contribution in [-0.4, -0.2) is 36.9 Å². The lowest BCUT2D eigenvalue weighted by Gasteiger charge is -2.16. The predicted molar refractivity (Wildman–Crippen MR) is 101 cm³/mol. The number of nitrogens with zero attached hydrogens (tertiary/aromatic N) is 1. The molecule has 0 radical (unpaired) electrons. The largest absolute Gasteiger partial charge is 0.351 e. The summed E-state index contributed by atoms with van der Waals surface area (Å²) in [6.45, 7) is 2.67. The molecule has 0 unspecified atom stereocenters. The number of anilines is 1. The van der Waals surface area contributed by atoms with Gasteiger partial charge in [0, 0.05) is 17.3 Å². The van der Waals surface area contributed by atoms with Crippen LogP contribution >= 0.6 is 11.6 Å². The Balaban J connectivity index is 1.73. The molecule has 0 saturated carbocycles. The Kier molecular flexibility index (Phi) is 6.98.